The number of benzene rings is 2. The third-order valence-corrected chi connectivity index (χ3v) is 4.30. The second-order valence-electron chi connectivity index (χ2n) is 6.05. The number of hydrogen-bond donors (Lipinski definition) is 2. The first-order chi connectivity index (χ1) is 13.0. The van der Waals surface area contributed by atoms with Gasteiger partial charge >= 0.3 is 0 Å². The van der Waals surface area contributed by atoms with Gasteiger partial charge in [-0.25, -0.2) is 0 Å². The lowest BCUT2D eigenvalue weighted by atomic mass is 10.1. The Hall–Kier alpha value is -1.81. The predicted octanol–water partition coefficient (Wildman–Crippen LogP) is 3.51. The Balaban J connectivity index is 0.00000392. The van der Waals surface area contributed by atoms with Crippen molar-refractivity contribution in [2.24, 2.45) is 4.99 Å². The number of carbonyl (C=O) groups excluding carboxylic acids is 1. The minimum absolute atomic E-state index is 0. The van der Waals surface area contributed by atoms with E-state index in [-0.39, 0.29) is 29.9 Å². The van der Waals surface area contributed by atoms with Crippen LogP contribution in [0.5, 0.6) is 5.75 Å². The van der Waals surface area contributed by atoms with Crippen LogP contribution in [0.1, 0.15) is 15.9 Å². The van der Waals surface area contributed by atoms with Crippen LogP contribution in [0.2, 0.25) is 0 Å². The molecule has 2 aromatic rings. The van der Waals surface area contributed by atoms with Gasteiger partial charge in [-0.05, 0) is 42.0 Å². The third kappa shape index (κ3) is 8.05. The number of guanidine groups is 1. The highest BCUT2D eigenvalue weighted by atomic mass is 127. The van der Waals surface area contributed by atoms with E-state index in [1.165, 1.54) is 0 Å². The largest absolute Gasteiger partial charge is 0.492 e. The number of carbonyl (C=O) groups is 1. The number of ether oxygens (including phenoxy) is 1. The number of rotatable bonds is 7. The summed E-state index contributed by atoms with van der Waals surface area (Å²) in [6.45, 7) is 1.78. The SMILES string of the molecule is CN=C(NCCOc1ccc(Br)cc1)NCc1ccc(C(=O)N(C)C)cc1.I. The second kappa shape index (κ2) is 12.6. The average Bonchev–Trinajstić information content (AvgIpc) is 2.68. The van der Waals surface area contributed by atoms with E-state index in [2.05, 4.69) is 31.6 Å². The second-order valence-corrected chi connectivity index (χ2v) is 6.97. The summed E-state index contributed by atoms with van der Waals surface area (Å²) in [6.07, 6.45) is 0. The molecule has 0 radical (unpaired) electrons. The predicted molar refractivity (Wildman–Crippen MR) is 128 cm³/mol. The number of aliphatic imine (C=N–C) groups is 1. The van der Waals surface area contributed by atoms with E-state index >= 15 is 0 Å². The van der Waals surface area contributed by atoms with Gasteiger partial charge in [0.05, 0.1) is 6.54 Å². The van der Waals surface area contributed by atoms with Crippen LogP contribution in [0.25, 0.3) is 0 Å². The van der Waals surface area contributed by atoms with Crippen LogP contribution >= 0.6 is 39.9 Å². The first-order valence-electron chi connectivity index (χ1n) is 8.63. The van der Waals surface area contributed by atoms with Crippen LogP contribution in [-0.4, -0.2) is 51.1 Å². The lowest BCUT2D eigenvalue weighted by Crippen LogP contribution is -2.38. The summed E-state index contributed by atoms with van der Waals surface area (Å²) in [6, 6.07) is 15.3. The van der Waals surface area contributed by atoms with Crippen molar-refractivity contribution in [3.05, 3.63) is 64.1 Å². The number of amides is 1. The maximum absolute atomic E-state index is 11.9. The summed E-state index contributed by atoms with van der Waals surface area (Å²) in [5.74, 6) is 1.52. The first-order valence-corrected chi connectivity index (χ1v) is 9.42. The first kappa shape index (κ1) is 24.2. The lowest BCUT2D eigenvalue weighted by Gasteiger charge is -2.13. The average molecular weight is 561 g/mol. The zero-order chi connectivity index (χ0) is 19.6. The van der Waals surface area contributed by atoms with E-state index in [1.54, 1.807) is 26.0 Å². The molecule has 152 valence electrons. The molecule has 2 N–H and O–H groups in total. The van der Waals surface area contributed by atoms with E-state index in [0.29, 0.717) is 31.2 Å². The molecule has 0 atom stereocenters. The summed E-state index contributed by atoms with van der Waals surface area (Å²) in [5, 5.41) is 6.45. The van der Waals surface area contributed by atoms with Gasteiger partial charge < -0.3 is 20.3 Å². The molecule has 0 spiro atoms. The van der Waals surface area contributed by atoms with Gasteiger partial charge in [0.15, 0.2) is 5.96 Å². The fourth-order valence-electron chi connectivity index (χ4n) is 2.30. The van der Waals surface area contributed by atoms with Crippen LogP contribution in [0.15, 0.2) is 58.0 Å². The molecular weight excluding hydrogens is 535 g/mol. The molecule has 0 fully saturated rings. The summed E-state index contributed by atoms with van der Waals surface area (Å²) in [7, 11) is 5.21. The standard InChI is InChI=1S/C20H25BrN4O2.HI/c1-22-20(23-12-13-27-18-10-8-17(21)9-11-18)24-14-15-4-6-16(7-5-15)19(26)25(2)3;/h4-11H,12-14H2,1-3H3,(H2,22,23,24);1H. The molecule has 1 amide bonds. The van der Waals surface area contributed by atoms with Crippen LogP contribution in [0, 0.1) is 0 Å². The van der Waals surface area contributed by atoms with Crippen molar-refractivity contribution in [1.29, 1.82) is 0 Å². The van der Waals surface area contributed by atoms with Crippen molar-refractivity contribution in [3.63, 3.8) is 0 Å². The van der Waals surface area contributed by atoms with E-state index in [4.69, 9.17) is 4.74 Å². The van der Waals surface area contributed by atoms with E-state index in [1.807, 2.05) is 48.5 Å². The van der Waals surface area contributed by atoms with Gasteiger partial charge in [0.25, 0.3) is 5.91 Å². The summed E-state index contributed by atoms with van der Waals surface area (Å²) in [5.41, 5.74) is 1.75. The van der Waals surface area contributed by atoms with Gasteiger partial charge in [-0.1, -0.05) is 28.1 Å². The molecule has 2 aromatic carbocycles. The summed E-state index contributed by atoms with van der Waals surface area (Å²) in [4.78, 5) is 17.7. The Morgan fingerprint density at radius 2 is 1.71 bits per heavy atom. The van der Waals surface area contributed by atoms with Gasteiger partial charge in [-0.15, -0.1) is 24.0 Å². The van der Waals surface area contributed by atoms with Gasteiger partial charge in [-0.2, -0.15) is 0 Å². The number of halogens is 2. The molecule has 0 aromatic heterocycles. The molecule has 0 unspecified atom stereocenters. The maximum atomic E-state index is 11.9. The van der Waals surface area contributed by atoms with Crippen molar-refractivity contribution >= 4 is 51.8 Å². The molecule has 0 aliphatic rings. The van der Waals surface area contributed by atoms with Gasteiger partial charge in [0.1, 0.15) is 12.4 Å². The fraction of sp³-hybridized carbons (Fsp3) is 0.300. The topological polar surface area (TPSA) is 66.0 Å². The highest BCUT2D eigenvalue weighted by Gasteiger charge is 2.07. The van der Waals surface area contributed by atoms with E-state index in [0.717, 1.165) is 15.8 Å². The molecule has 0 saturated heterocycles. The highest BCUT2D eigenvalue weighted by molar-refractivity contribution is 14.0. The van der Waals surface area contributed by atoms with Crippen molar-refractivity contribution < 1.29 is 9.53 Å². The lowest BCUT2D eigenvalue weighted by molar-refractivity contribution is 0.0827. The molecule has 8 heteroatoms. The van der Waals surface area contributed by atoms with Crippen LogP contribution < -0.4 is 15.4 Å². The van der Waals surface area contributed by atoms with Crippen molar-refractivity contribution in [2.45, 2.75) is 6.54 Å². The normalized spacial score (nSPS) is 10.6. The minimum atomic E-state index is -0.00207. The molecule has 0 aliphatic carbocycles. The smallest absolute Gasteiger partial charge is 0.253 e. The quantitative estimate of drug-likeness (QED) is 0.235. The molecule has 0 aliphatic heterocycles. The minimum Gasteiger partial charge on any atom is -0.492 e. The molecule has 0 heterocycles. The Kier molecular flexibility index (Phi) is 10.9. The maximum Gasteiger partial charge on any atom is 0.253 e. The number of hydrogen-bond acceptors (Lipinski definition) is 3. The zero-order valence-electron chi connectivity index (χ0n) is 16.2. The number of nitrogens with zero attached hydrogens (tertiary/aromatic N) is 2. The van der Waals surface area contributed by atoms with Crippen molar-refractivity contribution in [1.82, 2.24) is 15.5 Å². The molecule has 6 nitrogen and oxygen atoms in total. The Labute approximate surface area is 191 Å². The van der Waals surface area contributed by atoms with Crippen LogP contribution in [-0.2, 0) is 6.54 Å². The van der Waals surface area contributed by atoms with Crippen molar-refractivity contribution in [2.75, 3.05) is 34.3 Å². The molecule has 2 rings (SSSR count). The van der Waals surface area contributed by atoms with Crippen LogP contribution in [0.3, 0.4) is 0 Å². The zero-order valence-corrected chi connectivity index (χ0v) is 20.2. The molecular formula is C20H26BrIN4O2. The van der Waals surface area contributed by atoms with Gasteiger partial charge in [0.2, 0.25) is 0 Å². The van der Waals surface area contributed by atoms with E-state index in [9.17, 15) is 4.79 Å². The van der Waals surface area contributed by atoms with Crippen LogP contribution in [0.4, 0.5) is 0 Å². The van der Waals surface area contributed by atoms with Gasteiger partial charge in [-0.3, -0.25) is 9.79 Å². The van der Waals surface area contributed by atoms with Gasteiger partial charge in [0, 0.05) is 37.7 Å². The molecule has 0 bridgehead atoms. The third-order valence-electron chi connectivity index (χ3n) is 3.77. The highest BCUT2D eigenvalue weighted by Crippen LogP contribution is 2.15. The Morgan fingerprint density at radius 3 is 2.29 bits per heavy atom. The number of nitrogens with one attached hydrogen (secondary N) is 2. The van der Waals surface area contributed by atoms with Crippen molar-refractivity contribution in [3.8, 4) is 5.75 Å². The molecule has 0 saturated carbocycles. The summed E-state index contributed by atoms with van der Waals surface area (Å²) >= 11 is 3.40. The molecule has 28 heavy (non-hydrogen) atoms. The van der Waals surface area contributed by atoms with E-state index < -0.39 is 0 Å². The Bertz CT molecular complexity index is 765. The monoisotopic (exact) mass is 560 g/mol. The Morgan fingerprint density at radius 1 is 1.07 bits per heavy atom. The fourth-order valence-corrected chi connectivity index (χ4v) is 2.56. The summed E-state index contributed by atoms with van der Waals surface area (Å²) < 4.78 is 6.70.